The summed E-state index contributed by atoms with van der Waals surface area (Å²) in [4.78, 5) is 5.11. The maximum atomic E-state index is 5.11. The van der Waals surface area contributed by atoms with Gasteiger partial charge in [0.25, 0.3) is 0 Å². The molecule has 4 heterocycles. The Balaban J connectivity index is 1.63. The smallest absolute Gasteiger partial charge is 0.123 e. The minimum Gasteiger partial charge on any atom is -0.308 e. The third kappa shape index (κ3) is 3.63. The van der Waals surface area contributed by atoms with Crippen molar-refractivity contribution in [3.05, 3.63) is 143 Å². The fourth-order valence-corrected chi connectivity index (χ4v) is 7.87. The molecule has 0 unspecified atom stereocenters. The van der Waals surface area contributed by atoms with Crippen molar-refractivity contribution in [1.82, 2.24) is 18.5 Å². The SMILES string of the molecule is Brc1cc(Br)nc(-c2c3c(cc4c2n(-c2ccccc2)c2cc5ccccc5n42)c2ccccc2n3-c2ccccc2)c1. The van der Waals surface area contributed by atoms with Gasteiger partial charge in [0.05, 0.1) is 38.8 Å². The van der Waals surface area contributed by atoms with Gasteiger partial charge in [0.15, 0.2) is 0 Å². The van der Waals surface area contributed by atoms with Gasteiger partial charge in [-0.3, -0.25) is 8.97 Å². The average Bonchev–Trinajstić information content (AvgIpc) is 3.67. The average molecular weight is 682 g/mol. The van der Waals surface area contributed by atoms with Gasteiger partial charge in [0, 0.05) is 32.0 Å². The van der Waals surface area contributed by atoms with Crippen molar-refractivity contribution in [2.24, 2.45) is 0 Å². The van der Waals surface area contributed by atoms with Crippen LogP contribution >= 0.6 is 31.9 Å². The number of hydrogen-bond donors (Lipinski definition) is 0. The molecule has 43 heavy (non-hydrogen) atoms. The van der Waals surface area contributed by atoms with Crippen LogP contribution in [-0.4, -0.2) is 18.5 Å². The molecule has 0 saturated heterocycles. The van der Waals surface area contributed by atoms with Crippen molar-refractivity contribution in [2.75, 3.05) is 0 Å². The van der Waals surface area contributed by atoms with Crippen LogP contribution in [0.15, 0.2) is 143 Å². The summed E-state index contributed by atoms with van der Waals surface area (Å²) in [5.41, 5.74) is 11.0. The van der Waals surface area contributed by atoms with Crippen molar-refractivity contribution in [2.45, 2.75) is 0 Å². The zero-order valence-corrected chi connectivity index (χ0v) is 25.9. The van der Waals surface area contributed by atoms with E-state index in [4.69, 9.17) is 4.98 Å². The Hall–Kier alpha value is -4.65. The normalized spacial score (nSPS) is 12.0. The molecule has 0 spiro atoms. The molecular weight excluding hydrogens is 660 g/mol. The molecule has 0 radical (unpaired) electrons. The van der Waals surface area contributed by atoms with Crippen LogP contribution in [0.4, 0.5) is 0 Å². The highest BCUT2D eigenvalue weighted by Gasteiger charge is 2.26. The molecule has 6 heteroatoms. The first-order valence-corrected chi connectivity index (χ1v) is 15.7. The first-order valence-electron chi connectivity index (χ1n) is 14.1. The first kappa shape index (κ1) is 24.9. The number of nitrogens with zero attached hydrogens (tertiary/aromatic N) is 4. The zero-order valence-electron chi connectivity index (χ0n) is 22.7. The molecule has 0 aliphatic heterocycles. The predicted octanol–water partition coefficient (Wildman–Crippen LogP) is 10.7. The van der Waals surface area contributed by atoms with Gasteiger partial charge in [-0.1, -0.05) is 88.7 Å². The minimum atomic E-state index is 0.777. The van der Waals surface area contributed by atoms with Crippen molar-refractivity contribution >= 4 is 81.2 Å². The van der Waals surface area contributed by atoms with Crippen LogP contribution in [0.5, 0.6) is 0 Å². The van der Waals surface area contributed by atoms with Gasteiger partial charge in [-0.15, -0.1) is 0 Å². The Kier molecular flexibility index (Phi) is 5.46. The monoisotopic (exact) mass is 680 g/mol. The molecule has 0 saturated carbocycles. The molecule has 9 rings (SSSR count). The second kappa shape index (κ2) is 9.43. The van der Waals surface area contributed by atoms with Crippen LogP contribution in [0.3, 0.4) is 0 Å². The van der Waals surface area contributed by atoms with E-state index in [0.29, 0.717) is 0 Å². The summed E-state index contributed by atoms with van der Waals surface area (Å²) < 4.78 is 8.94. The van der Waals surface area contributed by atoms with Crippen molar-refractivity contribution in [3.63, 3.8) is 0 Å². The molecule has 0 amide bonds. The maximum absolute atomic E-state index is 5.11. The lowest BCUT2D eigenvalue weighted by atomic mass is 10.0. The van der Waals surface area contributed by atoms with Crippen molar-refractivity contribution < 1.29 is 0 Å². The van der Waals surface area contributed by atoms with E-state index in [1.54, 1.807) is 0 Å². The highest BCUT2D eigenvalue weighted by atomic mass is 79.9. The van der Waals surface area contributed by atoms with E-state index in [0.717, 1.165) is 59.4 Å². The third-order valence-electron chi connectivity index (χ3n) is 8.34. The summed E-state index contributed by atoms with van der Waals surface area (Å²) in [5, 5.41) is 3.60. The summed E-state index contributed by atoms with van der Waals surface area (Å²) in [7, 11) is 0. The van der Waals surface area contributed by atoms with E-state index in [2.05, 4.69) is 173 Å². The number of benzene rings is 5. The summed E-state index contributed by atoms with van der Waals surface area (Å²) in [6.07, 6.45) is 0. The van der Waals surface area contributed by atoms with Crippen molar-refractivity contribution in [1.29, 1.82) is 0 Å². The van der Waals surface area contributed by atoms with Crippen LogP contribution in [-0.2, 0) is 0 Å². The zero-order chi connectivity index (χ0) is 28.7. The number of halogens is 2. The number of aromatic nitrogens is 4. The molecule has 0 fully saturated rings. The van der Waals surface area contributed by atoms with E-state index < -0.39 is 0 Å². The van der Waals surface area contributed by atoms with Gasteiger partial charge >= 0.3 is 0 Å². The van der Waals surface area contributed by atoms with Gasteiger partial charge in [-0.25, -0.2) is 4.98 Å². The first-order chi connectivity index (χ1) is 21.2. The highest BCUT2D eigenvalue weighted by Crippen LogP contribution is 2.45. The summed E-state index contributed by atoms with van der Waals surface area (Å²) in [6.45, 7) is 0. The van der Waals surface area contributed by atoms with Crippen LogP contribution in [0, 0.1) is 0 Å². The molecule has 4 aromatic heterocycles. The number of imidazole rings is 1. The van der Waals surface area contributed by atoms with Gasteiger partial charge in [-0.05, 0) is 76.6 Å². The molecule has 4 nitrogen and oxygen atoms in total. The Bertz CT molecular complexity index is 2500. The van der Waals surface area contributed by atoms with Crippen LogP contribution < -0.4 is 0 Å². The van der Waals surface area contributed by atoms with Crippen molar-refractivity contribution in [3.8, 4) is 22.6 Å². The Morgan fingerprint density at radius 2 is 1.16 bits per heavy atom. The lowest BCUT2D eigenvalue weighted by molar-refractivity contribution is 1.14. The topological polar surface area (TPSA) is 27.2 Å². The quantitative estimate of drug-likeness (QED) is 0.171. The number of hydrogen-bond acceptors (Lipinski definition) is 1. The highest BCUT2D eigenvalue weighted by molar-refractivity contribution is 9.11. The third-order valence-corrected chi connectivity index (χ3v) is 9.20. The van der Waals surface area contributed by atoms with Gasteiger partial charge < -0.3 is 4.57 Å². The lowest BCUT2D eigenvalue weighted by Gasteiger charge is -2.15. The largest absolute Gasteiger partial charge is 0.308 e. The maximum Gasteiger partial charge on any atom is 0.123 e. The molecule has 0 aliphatic carbocycles. The second-order valence-electron chi connectivity index (χ2n) is 10.8. The Morgan fingerprint density at radius 1 is 0.512 bits per heavy atom. The molecule has 0 N–H and O–H groups in total. The number of fused-ring (bicyclic) bond motifs is 8. The fraction of sp³-hybridized carbons (Fsp3) is 0. The van der Waals surface area contributed by atoms with E-state index in [9.17, 15) is 0 Å². The molecule has 5 aromatic carbocycles. The van der Waals surface area contributed by atoms with Gasteiger partial charge in [0.1, 0.15) is 10.3 Å². The molecular formula is C37H22Br2N4. The molecule has 204 valence electrons. The summed E-state index contributed by atoms with van der Waals surface area (Å²) >= 11 is 7.47. The number of pyridine rings is 1. The van der Waals surface area contributed by atoms with Gasteiger partial charge in [-0.2, -0.15) is 0 Å². The van der Waals surface area contributed by atoms with E-state index >= 15 is 0 Å². The predicted molar refractivity (Wildman–Crippen MR) is 185 cm³/mol. The molecule has 9 aromatic rings. The lowest BCUT2D eigenvalue weighted by Crippen LogP contribution is -2.00. The Morgan fingerprint density at radius 3 is 1.91 bits per heavy atom. The van der Waals surface area contributed by atoms with E-state index in [1.807, 2.05) is 6.07 Å². The van der Waals surface area contributed by atoms with E-state index in [1.165, 1.54) is 21.7 Å². The van der Waals surface area contributed by atoms with Crippen LogP contribution in [0.2, 0.25) is 0 Å². The molecule has 0 bridgehead atoms. The number of rotatable bonds is 3. The van der Waals surface area contributed by atoms with Crippen LogP contribution in [0.25, 0.3) is 72.0 Å². The molecule has 0 aliphatic rings. The second-order valence-corrected chi connectivity index (χ2v) is 12.5. The molecule has 0 atom stereocenters. The minimum absolute atomic E-state index is 0.777. The number of para-hydroxylation sites is 4. The Labute approximate surface area is 263 Å². The fourth-order valence-electron chi connectivity index (χ4n) is 6.69. The standard InChI is InChI=1S/C37H22Br2N4/c38-24-20-29(40-33(39)21-24)35-36-28(27-16-8-10-18-31(27)41(36)25-12-3-1-4-13-25)22-32-37(35)42(26-14-5-2-6-15-26)34-19-23-11-7-9-17-30(23)43(32)34/h1-22H. The van der Waals surface area contributed by atoms with E-state index in [-0.39, 0.29) is 0 Å². The summed E-state index contributed by atoms with van der Waals surface area (Å²) in [6, 6.07) is 47.4. The van der Waals surface area contributed by atoms with Gasteiger partial charge in [0.2, 0.25) is 0 Å². The van der Waals surface area contributed by atoms with Crippen LogP contribution in [0.1, 0.15) is 0 Å². The summed E-state index contributed by atoms with van der Waals surface area (Å²) in [5.74, 6) is 0.